The lowest BCUT2D eigenvalue weighted by Gasteiger charge is -2.34. The van der Waals surface area contributed by atoms with Gasteiger partial charge in [0.15, 0.2) is 0 Å². The molecule has 36 heavy (non-hydrogen) atoms. The van der Waals surface area contributed by atoms with Crippen molar-refractivity contribution in [3.63, 3.8) is 0 Å². The maximum atomic E-state index is 14.2. The van der Waals surface area contributed by atoms with Crippen molar-refractivity contribution in [2.24, 2.45) is 0 Å². The molecule has 2 fully saturated rings. The molecule has 1 unspecified atom stereocenters. The molecule has 5 rings (SSSR count). The number of amides is 3. The minimum absolute atomic E-state index is 0.286. The van der Waals surface area contributed by atoms with E-state index in [1.165, 1.54) is 14.0 Å². The van der Waals surface area contributed by atoms with Gasteiger partial charge in [0.05, 0.1) is 21.5 Å². The summed E-state index contributed by atoms with van der Waals surface area (Å²) in [7, 11) is 1.68. The predicted molar refractivity (Wildman–Crippen MR) is 145 cm³/mol. The van der Waals surface area contributed by atoms with Crippen LogP contribution in [0.4, 0.5) is 10.5 Å². The molecule has 184 valence electrons. The van der Waals surface area contributed by atoms with Crippen LogP contribution in [0.5, 0.6) is 0 Å². The van der Waals surface area contributed by atoms with Gasteiger partial charge in [0.1, 0.15) is 5.54 Å². The molecule has 0 aliphatic carbocycles. The summed E-state index contributed by atoms with van der Waals surface area (Å²) in [4.78, 5) is 34.0. The van der Waals surface area contributed by atoms with Gasteiger partial charge in [-0.05, 0) is 54.3 Å². The number of anilines is 1. The van der Waals surface area contributed by atoms with E-state index in [9.17, 15) is 14.9 Å². The van der Waals surface area contributed by atoms with Crippen molar-refractivity contribution in [1.29, 1.82) is 5.26 Å². The lowest BCUT2D eigenvalue weighted by atomic mass is 9.80. The monoisotopic (exact) mass is 556 g/mol. The molecule has 0 bridgehead atoms. The molecule has 3 aromatic rings. The zero-order chi connectivity index (χ0) is 25.6. The fraction of sp³-hybridized carbons (Fsp3) is 0.269. The molecular weight excluding hydrogens is 535 g/mol. The van der Waals surface area contributed by atoms with Gasteiger partial charge < -0.3 is 4.90 Å². The largest absolute Gasteiger partial charge is 0.332 e. The van der Waals surface area contributed by atoms with E-state index in [1.807, 2.05) is 12.1 Å². The maximum Gasteiger partial charge on any atom is 0.332 e. The Bertz CT molecular complexity index is 1370. The molecule has 10 heteroatoms. The quantitative estimate of drug-likeness (QED) is 0.281. The van der Waals surface area contributed by atoms with Crippen LogP contribution >= 0.6 is 46.3 Å². The Morgan fingerprint density at radius 3 is 2.42 bits per heavy atom. The summed E-state index contributed by atoms with van der Waals surface area (Å²) in [6, 6.07) is 18.0. The van der Waals surface area contributed by atoms with Crippen molar-refractivity contribution < 1.29 is 9.59 Å². The second-order valence-corrected chi connectivity index (χ2v) is 12.1. The molecule has 2 aromatic carbocycles. The second kappa shape index (κ2) is 9.73. The molecule has 2 aliphatic rings. The highest BCUT2D eigenvalue weighted by Gasteiger charge is 2.64. The summed E-state index contributed by atoms with van der Waals surface area (Å²) in [6.45, 7) is 1.65. The molecule has 1 spiro atoms. The van der Waals surface area contributed by atoms with Gasteiger partial charge >= 0.3 is 6.03 Å². The number of thiophene rings is 1. The average Bonchev–Trinajstić information content (AvgIpc) is 3.52. The van der Waals surface area contributed by atoms with Gasteiger partial charge in [-0.3, -0.25) is 9.69 Å². The number of benzene rings is 2. The van der Waals surface area contributed by atoms with Crippen molar-refractivity contribution in [3.8, 4) is 6.07 Å². The number of hydrogen-bond donors (Lipinski definition) is 0. The van der Waals surface area contributed by atoms with E-state index in [1.54, 1.807) is 65.4 Å². The van der Waals surface area contributed by atoms with Crippen LogP contribution in [0.2, 0.25) is 10.0 Å². The Balaban J connectivity index is 1.57. The second-order valence-electron chi connectivity index (χ2n) is 8.91. The number of likely N-dealkylation sites (tertiary alicyclic amines) is 1. The van der Waals surface area contributed by atoms with Gasteiger partial charge in [0.2, 0.25) is 0 Å². The molecule has 3 amide bonds. The first-order valence-electron chi connectivity index (χ1n) is 11.2. The lowest BCUT2D eigenvalue weighted by Crippen LogP contribution is -2.53. The summed E-state index contributed by atoms with van der Waals surface area (Å²) in [5, 5.41) is 9.95. The van der Waals surface area contributed by atoms with E-state index in [2.05, 4.69) is 29.4 Å². The Labute approximate surface area is 228 Å². The van der Waals surface area contributed by atoms with Gasteiger partial charge in [-0.1, -0.05) is 35.3 Å². The Morgan fingerprint density at radius 2 is 1.81 bits per heavy atom. The van der Waals surface area contributed by atoms with Crippen LogP contribution in [0.3, 0.4) is 0 Å². The van der Waals surface area contributed by atoms with E-state index in [0.717, 1.165) is 5.56 Å². The molecule has 3 heterocycles. The number of imide groups is 1. The van der Waals surface area contributed by atoms with Crippen molar-refractivity contribution in [2.75, 3.05) is 31.3 Å². The standard InChI is InChI=1S/C26H22Cl2N4O2S2/c1-30-25(34)32(20-10-18(27)9-19(28)11-20)24(33)26(30)15-31(13-21-7-8-23(35-2)36-21)14-22(26)17-5-3-16(12-29)4-6-17/h3-11,22H,13-15H2,1-2H3/t22-,26?/m0/s1. The number of rotatable bonds is 5. The Morgan fingerprint density at radius 1 is 1.11 bits per heavy atom. The predicted octanol–water partition coefficient (Wildman–Crippen LogP) is 6.09. The van der Waals surface area contributed by atoms with Crippen molar-refractivity contribution in [2.45, 2.75) is 22.2 Å². The van der Waals surface area contributed by atoms with E-state index in [4.69, 9.17) is 23.2 Å². The van der Waals surface area contributed by atoms with E-state index >= 15 is 0 Å². The highest BCUT2D eigenvalue weighted by Crippen LogP contribution is 2.47. The highest BCUT2D eigenvalue weighted by molar-refractivity contribution is 8.00. The lowest BCUT2D eigenvalue weighted by molar-refractivity contribution is -0.124. The van der Waals surface area contributed by atoms with Gasteiger partial charge in [-0.2, -0.15) is 5.26 Å². The molecular formula is C26H22Cl2N4O2S2. The van der Waals surface area contributed by atoms with Crippen LogP contribution in [0, 0.1) is 11.3 Å². The van der Waals surface area contributed by atoms with Crippen LogP contribution in [0.25, 0.3) is 0 Å². The van der Waals surface area contributed by atoms with Crippen molar-refractivity contribution in [3.05, 3.63) is 80.6 Å². The van der Waals surface area contributed by atoms with E-state index in [0.29, 0.717) is 40.9 Å². The fourth-order valence-electron chi connectivity index (χ4n) is 5.19. The molecule has 2 atom stereocenters. The minimum atomic E-state index is -1.11. The molecule has 6 nitrogen and oxygen atoms in total. The molecule has 0 N–H and O–H groups in total. The Hall–Kier alpha value is -2.54. The van der Waals surface area contributed by atoms with Crippen LogP contribution in [0.1, 0.15) is 21.9 Å². The number of nitrogens with zero attached hydrogens (tertiary/aromatic N) is 4. The number of halogens is 2. The zero-order valence-corrected chi connectivity index (χ0v) is 22.7. The number of hydrogen-bond acceptors (Lipinski definition) is 6. The van der Waals surface area contributed by atoms with Gasteiger partial charge in [0.25, 0.3) is 5.91 Å². The molecule has 2 aliphatic heterocycles. The third kappa shape index (κ3) is 4.19. The summed E-state index contributed by atoms with van der Waals surface area (Å²) in [5.41, 5.74) is 0.695. The summed E-state index contributed by atoms with van der Waals surface area (Å²) in [6.07, 6.45) is 2.05. The Kier molecular flexibility index (Phi) is 6.79. The third-order valence-corrected chi connectivity index (χ3v) is 9.49. The topological polar surface area (TPSA) is 67.6 Å². The molecule has 1 aromatic heterocycles. The van der Waals surface area contributed by atoms with Gasteiger partial charge in [-0.15, -0.1) is 23.1 Å². The SMILES string of the molecule is CSc1ccc(CN2C[C@@H](c3ccc(C#N)cc3)C3(C2)C(=O)N(c2cc(Cl)cc(Cl)c2)C(=O)N3C)s1. The van der Waals surface area contributed by atoms with Crippen molar-refractivity contribution in [1.82, 2.24) is 9.80 Å². The number of urea groups is 1. The van der Waals surface area contributed by atoms with Gasteiger partial charge in [-0.25, -0.2) is 9.69 Å². The number of carbonyl (C=O) groups excluding carboxylic acids is 2. The summed E-state index contributed by atoms with van der Waals surface area (Å²) >= 11 is 15.9. The summed E-state index contributed by atoms with van der Waals surface area (Å²) < 4.78 is 1.23. The van der Waals surface area contributed by atoms with Gasteiger partial charge in [0, 0.05) is 47.5 Å². The van der Waals surface area contributed by atoms with Crippen LogP contribution in [-0.4, -0.2) is 53.7 Å². The first kappa shape index (κ1) is 25.1. The van der Waals surface area contributed by atoms with Crippen LogP contribution in [0.15, 0.2) is 58.8 Å². The molecule has 0 saturated carbocycles. The normalized spacial score (nSPS) is 22.1. The molecule has 0 radical (unpaired) electrons. The first-order chi connectivity index (χ1) is 17.3. The number of likely N-dealkylation sites (N-methyl/N-ethyl adjacent to an activating group) is 1. The van der Waals surface area contributed by atoms with Crippen LogP contribution in [-0.2, 0) is 11.3 Å². The zero-order valence-electron chi connectivity index (χ0n) is 19.6. The van der Waals surface area contributed by atoms with E-state index in [-0.39, 0.29) is 11.8 Å². The summed E-state index contributed by atoms with van der Waals surface area (Å²) in [5.74, 6) is -0.590. The fourth-order valence-corrected chi connectivity index (χ4v) is 7.34. The molecule has 2 saturated heterocycles. The van der Waals surface area contributed by atoms with Crippen molar-refractivity contribution >= 4 is 63.9 Å². The third-order valence-electron chi connectivity index (χ3n) is 6.90. The highest BCUT2D eigenvalue weighted by atomic mass is 35.5. The number of nitriles is 1. The minimum Gasteiger partial charge on any atom is -0.310 e. The first-order valence-corrected chi connectivity index (χ1v) is 14.0. The van der Waals surface area contributed by atoms with E-state index < -0.39 is 11.6 Å². The average molecular weight is 558 g/mol. The number of carbonyl (C=O) groups is 2. The smallest absolute Gasteiger partial charge is 0.310 e. The maximum absolute atomic E-state index is 14.2. The number of thioether (sulfide) groups is 1. The van der Waals surface area contributed by atoms with Crippen LogP contribution < -0.4 is 4.90 Å².